The van der Waals surface area contributed by atoms with E-state index in [-0.39, 0.29) is 17.3 Å². The predicted octanol–water partition coefficient (Wildman–Crippen LogP) is 1.50. The lowest BCUT2D eigenvalue weighted by Crippen LogP contribution is -2.15. The molecule has 1 aromatic carbocycles. The van der Waals surface area contributed by atoms with Crippen LogP contribution < -0.4 is 10.5 Å². The van der Waals surface area contributed by atoms with Crippen molar-refractivity contribution >= 4 is 15.8 Å². The monoisotopic (exact) mass is 301 g/mol. The fourth-order valence-corrected chi connectivity index (χ4v) is 2.84. The molecule has 0 fully saturated rings. The van der Waals surface area contributed by atoms with Gasteiger partial charge in [0.1, 0.15) is 10.7 Å². The molecular weight excluding hydrogens is 286 g/mol. The largest absolute Gasteiger partial charge is 0.320 e. The lowest BCUT2D eigenvalue weighted by atomic mass is 10.2. The summed E-state index contributed by atoms with van der Waals surface area (Å²) in [5.74, 6) is 5.68. The maximum atomic E-state index is 12.4. The first kappa shape index (κ1) is 15.0. The van der Waals surface area contributed by atoms with Gasteiger partial charge in [-0.2, -0.15) is 0 Å². The van der Waals surface area contributed by atoms with Gasteiger partial charge in [-0.15, -0.1) is 0 Å². The number of aryl methyl sites for hydroxylation is 1. The normalized spacial score (nSPS) is 10.6. The first-order valence-corrected chi connectivity index (χ1v) is 7.75. The summed E-state index contributed by atoms with van der Waals surface area (Å²) < 4.78 is 27.3. The molecule has 1 aromatic heterocycles. The molecule has 0 aliphatic heterocycles. The lowest BCUT2D eigenvalue weighted by Gasteiger charge is -2.09. The average molecular weight is 301 g/mol. The highest BCUT2D eigenvalue weighted by molar-refractivity contribution is 7.92. The van der Waals surface area contributed by atoms with Crippen LogP contribution in [0.1, 0.15) is 11.1 Å². The Morgan fingerprint density at radius 3 is 2.67 bits per heavy atom. The minimum atomic E-state index is -3.74. The molecule has 0 saturated heterocycles. The van der Waals surface area contributed by atoms with Crippen LogP contribution in [0.4, 0.5) is 5.82 Å². The van der Waals surface area contributed by atoms with Crippen LogP contribution in [-0.2, 0) is 10.0 Å². The fraction of sp³-hybridized carbons (Fsp3) is 0.133. The van der Waals surface area contributed by atoms with Gasteiger partial charge in [0.2, 0.25) is 0 Å². The molecule has 0 aliphatic carbocycles. The second kappa shape index (κ2) is 6.39. The van der Waals surface area contributed by atoms with E-state index in [1.165, 1.54) is 6.07 Å². The van der Waals surface area contributed by atoms with Crippen molar-refractivity contribution in [2.24, 2.45) is 5.73 Å². The summed E-state index contributed by atoms with van der Waals surface area (Å²) in [6, 6.07) is 9.90. The van der Waals surface area contributed by atoms with Crippen LogP contribution in [0.3, 0.4) is 0 Å². The maximum absolute atomic E-state index is 12.4. The number of nitrogens with zero attached hydrogens (tertiary/aromatic N) is 1. The van der Waals surface area contributed by atoms with Crippen LogP contribution in [0.25, 0.3) is 0 Å². The number of aromatic nitrogens is 1. The van der Waals surface area contributed by atoms with E-state index in [1.807, 2.05) is 6.92 Å². The first-order chi connectivity index (χ1) is 10.0. The zero-order valence-corrected chi connectivity index (χ0v) is 12.3. The topological polar surface area (TPSA) is 85.1 Å². The predicted molar refractivity (Wildman–Crippen MR) is 82.2 cm³/mol. The van der Waals surface area contributed by atoms with Crippen LogP contribution >= 0.6 is 0 Å². The van der Waals surface area contributed by atoms with E-state index in [4.69, 9.17) is 5.73 Å². The van der Waals surface area contributed by atoms with Crippen LogP contribution in [0.2, 0.25) is 0 Å². The van der Waals surface area contributed by atoms with E-state index in [9.17, 15) is 8.42 Å². The Morgan fingerprint density at radius 1 is 1.24 bits per heavy atom. The van der Waals surface area contributed by atoms with Crippen molar-refractivity contribution in [1.82, 2.24) is 4.98 Å². The molecule has 3 N–H and O–H groups in total. The quantitative estimate of drug-likeness (QED) is 0.841. The zero-order valence-electron chi connectivity index (χ0n) is 11.5. The second-order valence-electron chi connectivity index (χ2n) is 4.33. The molecular formula is C15H15N3O2S. The van der Waals surface area contributed by atoms with Gasteiger partial charge in [0.25, 0.3) is 10.0 Å². The molecule has 0 aliphatic rings. The van der Waals surface area contributed by atoms with Gasteiger partial charge in [-0.1, -0.05) is 30.0 Å². The fourth-order valence-electron chi connectivity index (χ4n) is 1.67. The molecule has 2 aromatic rings. The summed E-state index contributed by atoms with van der Waals surface area (Å²) in [5, 5.41) is 0. The third-order valence-corrected chi connectivity index (χ3v) is 4.06. The van der Waals surface area contributed by atoms with E-state index in [0.29, 0.717) is 5.56 Å². The number of anilines is 1. The average Bonchev–Trinajstić information content (AvgIpc) is 2.47. The van der Waals surface area contributed by atoms with Crippen molar-refractivity contribution in [1.29, 1.82) is 0 Å². The Hall–Kier alpha value is -2.36. The van der Waals surface area contributed by atoms with E-state index in [1.54, 1.807) is 36.5 Å². The highest BCUT2D eigenvalue weighted by atomic mass is 32.2. The van der Waals surface area contributed by atoms with Gasteiger partial charge in [-0.25, -0.2) is 13.4 Å². The van der Waals surface area contributed by atoms with Gasteiger partial charge in [0, 0.05) is 11.8 Å². The van der Waals surface area contributed by atoms with Crippen molar-refractivity contribution in [3.8, 4) is 11.8 Å². The highest BCUT2D eigenvalue weighted by Gasteiger charge is 2.17. The Morgan fingerprint density at radius 2 is 2.00 bits per heavy atom. The van der Waals surface area contributed by atoms with Crippen molar-refractivity contribution in [2.45, 2.75) is 11.8 Å². The van der Waals surface area contributed by atoms with Gasteiger partial charge in [-0.05, 0) is 30.7 Å². The van der Waals surface area contributed by atoms with Gasteiger partial charge in [0.15, 0.2) is 0 Å². The van der Waals surface area contributed by atoms with Crippen LogP contribution in [0.15, 0.2) is 47.5 Å². The summed E-state index contributed by atoms with van der Waals surface area (Å²) in [7, 11) is -3.74. The molecule has 0 radical (unpaired) electrons. The molecule has 0 spiro atoms. The van der Waals surface area contributed by atoms with Crippen molar-refractivity contribution in [3.05, 3.63) is 53.7 Å². The molecule has 21 heavy (non-hydrogen) atoms. The number of nitrogens with two attached hydrogens (primary N) is 1. The SMILES string of the molecule is Cc1ccc(NS(=O)(=O)c2ccccc2C#CCN)nc1. The van der Waals surface area contributed by atoms with E-state index < -0.39 is 10.0 Å². The van der Waals surface area contributed by atoms with Crippen molar-refractivity contribution < 1.29 is 8.42 Å². The first-order valence-electron chi connectivity index (χ1n) is 6.26. The van der Waals surface area contributed by atoms with Gasteiger partial charge in [0.05, 0.1) is 6.54 Å². The molecule has 6 heteroatoms. The zero-order chi connectivity index (χ0) is 15.3. The number of benzene rings is 1. The molecule has 108 valence electrons. The third-order valence-electron chi connectivity index (χ3n) is 2.65. The smallest absolute Gasteiger partial charge is 0.264 e. The van der Waals surface area contributed by atoms with E-state index in [0.717, 1.165) is 5.56 Å². The molecule has 0 atom stereocenters. The standard InChI is InChI=1S/C15H15N3O2S/c1-12-8-9-15(17-11-12)18-21(19,20)14-7-3-2-5-13(14)6-4-10-16/h2-3,5,7-9,11H,10,16H2,1H3,(H,17,18). The summed E-state index contributed by atoms with van der Waals surface area (Å²) in [6.07, 6.45) is 1.60. The molecule has 2 rings (SSSR count). The van der Waals surface area contributed by atoms with Gasteiger partial charge < -0.3 is 5.73 Å². The van der Waals surface area contributed by atoms with Crippen LogP contribution in [-0.4, -0.2) is 19.9 Å². The number of nitrogens with one attached hydrogen (secondary N) is 1. The number of pyridine rings is 1. The Kier molecular flexibility index (Phi) is 4.58. The Labute approximate surface area is 124 Å². The van der Waals surface area contributed by atoms with Crippen LogP contribution in [0, 0.1) is 18.8 Å². The number of rotatable bonds is 3. The summed E-state index contributed by atoms with van der Waals surface area (Å²) >= 11 is 0. The maximum Gasteiger partial charge on any atom is 0.264 e. The second-order valence-corrected chi connectivity index (χ2v) is 5.98. The van der Waals surface area contributed by atoms with Crippen molar-refractivity contribution in [2.75, 3.05) is 11.3 Å². The molecule has 1 heterocycles. The summed E-state index contributed by atoms with van der Waals surface area (Å²) in [5.41, 5.74) is 6.68. The highest BCUT2D eigenvalue weighted by Crippen LogP contribution is 2.18. The van der Waals surface area contributed by atoms with Gasteiger partial charge >= 0.3 is 0 Å². The molecule has 0 unspecified atom stereocenters. The third kappa shape index (κ3) is 3.81. The minimum Gasteiger partial charge on any atom is -0.320 e. The van der Waals surface area contributed by atoms with E-state index in [2.05, 4.69) is 21.5 Å². The van der Waals surface area contributed by atoms with Crippen molar-refractivity contribution in [3.63, 3.8) is 0 Å². The molecule has 5 nitrogen and oxygen atoms in total. The number of hydrogen-bond acceptors (Lipinski definition) is 4. The van der Waals surface area contributed by atoms with Crippen LogP contribution in [0.5, 0.6) is 0 Å². The Balaban J connectivity index is 2.38. The summed E-state index contributed by atoms with van der Waals surface area (Å²) in [6.45, 7) is 2.05. The Bertz CT molecular complexity index is 788. The minimum absolute atomic E-state index is 0.105. The molecule has 0 bridgehead atoms. The molecule has 0 saturated carbocycles. The lowest BCUT2D eigenvalue weighted by molar-refractivity contribution is 0.601. The van der Waals surface area contributed by atoms with Gasteiger partial charge in [-0.3, -0.25) is 4.72 Å². The number of sulfonamides is 1. The summed E-state index contributed by atoms with van der Waals surface area (Å²) in [4.78, 5) is 4.14. The van der Waals surface area contributed by atoms with E-state index >= 15 is 0 Å². The number of hydrogen-bond donors (Lipinski definition) is 2. The molecule has 0 amide bonds.